The molecule has 0 aliphatic heterocycles. The lowest BCUT2D eigenvalue weighted by Gasteiger charge is -2.13. The van der Waals surface area contributed by atoms with Gasteiger partial charge in [-0.3, -0.25) is 18.7 Å². The zero-order chi connectivity index (χ0) is 21.8. The van der Waals surface area contributed by atoms with Gasteiger partial charge in [0.1, 0.15) is 16.9 Å². The summed E-state index contributed by atoms with van der Waals surface area (Å²) in [6.45, 7) is 1.36. The number of hydrogen-bond donors (Lipinski definition) is 1. The Kier molecular flexibility index (Phi) is 5.95. The Morgan fingerprint density at radius 1 is 1.27 bits per heavy atom. The van der Waals surface area contributed by atoms with Crippen molar-refractivity contribution in [3.8, 4) is 0 Å². The van der Waals surface area contributed by atoms with Gasteiger partial charge in [-0.25, -0.2) is 14.6 Å². The molecule has 0 radical (unpaired) electrons. The number of para-hydroxylation sites is 2. The first-order valence-corrected chi connectivity index (χ1v) is 9.16. The molecule has 0 aliphatic carbocycles. The molecule has 30 heavy (non-hydrogen) atoms. The molecule has 2 N–H and O–H groups in total. The Hall–Kier alpha value is -3.95. The van der Waals surface area contributed by atoms with E-state index < -0.39 is 29.6 Å². The molecule has 10 nitrogen and oxygen atoms in total. The number of carbonyl (C=O) groups excluding carboxylic acids is 2. The van der Waals surface area contributed by atoms with Crippen LogP contribution in [0.1, 0.15) is 29.6 Å². The Morgan fingerprint density at radius 3 is 2.70 bits per heavy atom. The number of ketones is 1. The molecule has 1 aromatic carbocycles. The van der Waals surface area contributed by atoms with Gasteiger partial charge in [0.15, 0.2) is 12.2 Å². The number of nitrogens with two attached hydrogens (primary N) is 1. The standard InChI is InChI=1S/C20H20N4O6/c1-3-10-24-18(21)17(19(27)23(2)20(24)28)13(25)11-29-16(26)9-8-15-22-12-6-4-5-7-14(12)30-15/h4-9H,3,10-11,21H2,1-2H3/b9-8+. The Balaban J connectivity index is 1.73. The predicted molar refractivity (Wildman–Crippen MR) is 109 cm³/mol. The second-order valence-corrected chi connectivity index (χ2v) is 6.44. The molecule has 2 heterocycles. The van der Waals surface area contributed by atoms with Crippen LogP contribution in [0.15, 0.2) is 44.3 Å². The van der Waals surface area contributed by atoms with Crippen molar-refractivity contribution >= 4 is 34.7 Å². The van der Waals surface area contributed by atoms with Crippen molar-refractivity contribution in [2.24, 2.45) is 7.05 Å². The van der Waals surface area contributed by atoms with E-state index in [0.717, 1.165) is 15.2 Å². The van der Waals surface area contributed by atoms with Crippen LogP contribution in [0.5, 0.6) is 0 Å². The molecule has 0 atom stereocenters. The summed E-state index contributed by atoms with van der Waals surface area (Å²) in [4.78, 5) is 53.0. The van der Waals surface area contributed by atoms with E-state index in [2.05, 4.69) is 4.98 Å². The molecule has 3 aromatic rings. The fourth-order valence-corrected chi connectivity index (χ4v) is 2.84. The molecule has 10 heteroatoms. The molecular weight excluding hydrogens is 392 g/mol. The first-order chi connectivity index (χ1) is 14.3. The number of anilines is 1. The number of nitrogens with zero attached hydrogens (tertiary/aromatic N) is 3. The smallest absolute Gasteiger partial charge is 0.332 e. The number of benzene rings is 1. The van der Waals surface area contributed by atoms with Crippen molar-refractivity contribution < 1.29 is 18.7 Å². The highest BCUT2D eigenvalue weighted by atomic mass is 16.5. The molecule has 0 spiro atoms. The normalized spacial score (nSPS) is 11.3. The van der Waals surface area contributed by atoms with Crippen molar-refractivity contribution in [2.75, 3.05) is 12.3 Å². The summed E-state index contributed by atoms with van der Waals surface area (Å²) in [7, 11) is 1.25. The maximum Gasteiger partial charge on any atom is 0.332 e. The molecule has 0 saturated carbocycles. The van der Waals surface area contributed by atoms with Crippen LogP contribution in [0.2, 0.25) is 0 Å². The second kappa shape index (κ2) is 8.60. The van der Waals surface area contributed by atoms with Gasteiger partial charge in [-0.2, -0.15) is 0 Å². The van der Waals surface area contributed by atoms with Crippen molar-refractivity contribution in [3.05, 3.63) is 62.6 Å². The molecule has 2 aromatic heterocycles. The van der Waals surface area contributed by atoms with Crippen LogP contribution in [-0.4, -0.2) is 32.5 Å². The maximum absolute atomic E-state index is 12.5. The van der Waals surface area contributed by atoms with E-state index in [-0.39, 0.29) is 23.8 Å². The van der Waals surface area contributed by atoms with Crippen LogP contribution in [-0.2, 0) is 23.1 Å². The summed E-state index contributed by atoms with van der Waals surface area (Å²) in [5.41, 5.74) is 5.23. The van der Waals surface area contributed by atoms with Gasteiger partial charge in [-0.1, -0.05) is 19.1 Å². The van der Waals surface area contributed by atoms with Crippen LogP contribution in [0, 0.1) is 0 Å². The van der Waals surface area contributed by atoms with Crippen molar-refractivity contribution in [2.45, 2.75) is 19.9 Å². The Morgan fingerprint density at radius 2 is 2.00 bits per heavy atom. The van der Waals surface area contributed by atoms with E-state index in [4.69, 9.17) is 14.9 Å². The van der Waals surface area contributed by atoms with Crippen LogP contribution in [0.3, 0.4) is 0 Å². The quantitative estimate of drug-likeness (QED) is 0.346. The minimum absolute atomic E-state index is 0.198. The number of ether oxygens (including phenoxy) is 1. The number of esters is 1. The maximum atomic E-state index is 12.5. The lowest BCUT2D eigenvalue weighted by Crippen LogP contribution is -2.43. The van der Waals surface area contributed by atoms with Gasteiger partial charge in [0.25, 0.3) is 5.56 Å². The van der Waals surface area contributed by atoms with Gasteiger partial charge >= 0.3 is 11.7 Å². The SMILES string of the molecule is CCCn1c(N)c(C(=O)COC(=O)/C=C/c2nc3ccccc3o2)c(=O)n(C)c1=O. The predicted octanol–water partition coefficient (Wildman–Crippen LogP) is 1.12. The lowest BCUT2D eigenvalue weighted by molar-refractivity contribution is -0.136. The van der Waals surface area contributed by atoms with Gasteiger partial charge in [0.05, 0.1) is 0 Å². The van der Waals surface area contributed by atoms with Gasteiger partial charge in [-0.05, 0) is 18.6 Å². The largest absolute Gasteiger partial charge is 0.454 e. The summed E-state index contributed by atoms with van der Waals surface area (Å²) >= 11 is 0. The third-order valence-corrected chi connectivity index (χ3v) is 4.33. The molecule has 0 unspecified atom stereocenters. The zero-order valence-corrected chi connectivity index (χ0v) is 16.5. The number of aromatic nitrogens is 3. The van der Waals surface area contributed by atoms with Gasteiger partial charge in [-0.15, -0.1) is 0 Å². The Labute approximate surface area is 170 Å². The average molecular weight is 412 g/mol. The van der Waals surface area contributed by atoms with Crippen LogP contribution in [0.25, 0.3) is 17.2 Å². The molecule has 0 bridgehead atoms. The van der Waals surface area contributed by atoms with Crippen molar-refractivity contribution in [1.29, 1.82) is 0 Å². The van der Waals surface area contributed by atoms with E-state index in [1.165, 1.54) is 13.1 Å². The molecule has 0 fully saturated rings. The second-order valence-electron chi connectivity index (χ2n) is 6.44. The Bertz CT molecular complexity index is 1230. The fourth-order valence-electron chi connectivity index (χ4n) is 2.84. The summed E-state index contributed by atoms with van der Waals surface area (Å²) in [6, 6.07) is 7.09. The number of nitrogen functional groups attached to an aromatic ring is 1. The molecule has 0 saturated heterocycles. The molecule has 156 valence electrons. The molecule has 0 aliphatic rings. The monoisotopic (exact) mass is 412 g/mol. The van der Waals surface area contributed by atoms with E-state index >= 15 is 0 Å². The third-order valence-electron chi connectivity index (χ3n) is 4.33. The average Bonchev–Trinajstić information content (AvgIpc) is 3.15. The molecule has 3 rings (SSSR count). The highest BCUT2D eigenvalue weighted by Gasteiger charge is 2.22. The first-order valence-electron chi connectivity index (χ1n) is 9.16. The van der Waals surface area contributed by atoms with Crippen molar-refractivity contribution in [1.82, 2.24) is 14.1 Å². The van der Waals surface area contributed by atoms with E-state index in [9.17, 15) is 19.2 Å². The number of fused-ring (bicyclic) bond motifs is 1. The summed E-state index contributed by atoms with van der Waals surface area (Å²) in [5.74, 6) is -1.68. The zero-order valence-electron chi connectivity index (χ0n) is 16.5. The fraction of sp³-hybridized carbons (Fsp3) is 0.250. The van der Waals surface area contributed by atoms with E-state index in [1.54, 1.807) is 24.3 Å². The minimum atomic E-state index is -0.840. The highest BCUT2D eigenvalue weighted by Crippen LogP contribution is 2.15. The van der Waals surface area contributed by atoms with Gasteiger partial charge in [0.2, 0.25) is 11.7 Å². The highest BCUT2D eigenvalue weighted by molar-refractivity contribution is 6.01. The summed E-state index contributed by atoms with van der Waals surface area (Å²) in [6.07, 6.45) is 2.94. The number of Topliss-reactive ketones (excluding diaryl/α,β-unsaturated/α-hetero) is 1. The van der Waals surface area contributed by atoms with Gasteiger partial charge in [0, 0.05) is 25.7 Å². The molecule has 0 amide bonds. The van der Waals surface area contributed by atoms with E-state index in [0.29, 0.717) is 17.5 Å². The van der Waals surface area contributed by atoms with Crippen molar-refractivity contribution in [3.63, 3.8) is 0 Å². The minimum Gasteiger partial charge on any atom is -0.454 e. The number of oxazole rings is 1. The van der Waals surface area contributed by atoms with Crippen LogP contribution in [0.4, 0.5) is 5.82 Å². The number of carbonyl (C=O) groups is 2. The molecular formula is C20H20N4O6. The van der Waals surface area contributed by atoms with E-state index in [1.807, 2.05) is 6.92 Å². The van der Waals surface area contributed by atoms with Crippen LogP contribution < -0.4 is 17.0 Å². The lowest BCUT2D eigenvalue weighted by atomic mass is 10.2. The van der Waals surface area contributed by atoms with Gasteiger partial charge < -0.3 is 14.9 Å². The topological polar surface area (TPSA) is 139 Å². The first kappa shape index (κ1) is 20.8. The number of rotatable bonds is 7. The number of hydrogen-bond acceptors (Lipinski definition) is 8. The van der Waals surface area contributed by atoms with Crippen LogP contribution >= 0.6 is 0 Å². The summed E-state index contributed by atoms with van der Waals surface area (Å²) < 4.78 is 12.3. The summed E-state index contributed by atoms with van der Waals surface area (Å²) in [5, 5.41) is 0. The third kappa shape index (κ3) is 4.07.